The number of rotatable bonds is 4. The summed E-state index contributed by atoms with van der Waals surface area (Å²) in [5.74, 6) is 0. The van der Waals surface area contributed by atoms with Crippen LogP contribution in [0.1, 0.15) is 11.1 Å². The Morgan fingerprint density at radius 1 is 0.773 bits per heavy atom. The molecule has 0 bridgehead atoms. The molecular formula is C15H12Br2N4O. The number of carbonyl (C=O) groups is 1. The lowest BCUT2D eigenvalue weighted by Gasteiger charge is -1.98. The highest BCUT2D eigenvalue weighted by molar-refractivity contribution is 9.10. The van der Waals surface area contributed by atoms with Gasteiger partial charge in [0.25, 0.3) is 0 Å². The summed E-state index contributed by atoms with van der Waals surface area (Å²) in [6.45, 7) is 0. The Balaban J connectivity index is 1.78. The van der Waals surface area contributed by atoms with E-state index >= 15 is 0 Å². The summed E-state index contributed by atoms with van der Waals surface area (Å²) in [7, 11) is 0. The summed E-state index contributed by atoms with van der Waals surface area (Å²) in [4.78, 5) is 11.5. The highest BCUT2D eigenvalue weighted by Crippen LogP contribution is 2.09. The first-order valence-electron chi connectivity index (χ1n) is 6.27. The first-order valence-corrected chi connectivity index (χ1v) is 7.85. The molecule has 0 saturated carbocycles. The van der Waals surface area contributed by atoms with Gasteiger partial charge in [0.1, 0.15) is 0 Å². The van der Waals surface area contributed by atoms with E-state index in [1.807, 2.05) is 48.5 Å². The van der Waals surface area contributed by atoms with Crippen LogP contribution in [0.25, 0.3) is 0 Å². The summed E-state index contributed by atoms with van der Waals surface area (Å²) < 4.78 is 1.97. The summed E-state index contributed by atoms with van der Waals surface area (Å²) in [6.07, 6.45) is 3.09. The van der Waals surface area contributed by atoms with Crippen LogP contribution in [0.15, 0.2) is 67.7 Å². The highest BCUT2D eigenvalue weighted by Gasteiger charge is 1.94. The fourth-order valence-corrected chi connectivity index (χ4v) is 1.98. The van der Waals surface area contributed by atoms with E-state index in [2.05, 4.69) is 52.9 Å². The normalized spacial score (nSPS) is 11.0. The van der Waals surface area contributed by atoms with Crippen LogP contribution in [-0.4, -0.2) is 18.5 Å². The van der Waals surface area contributed by atoms with E-state index in [4.69, 9.17) is 0 Å². The number of nitrogens with one attached hydrogen (secondary N) is 2. The minimum atomic E-state index is -0.512. The van der Waals surface area contributed by atoms with Crippen LogP contribution in [0, 0.1) is 0 Å². The zero-order valence-electron chi connectivity index (χ0n) is 11.3. The van der Waals surface area contributed by atoms with Gasteiger partial charge in [-0.05, 0) is 35.4 Å². The second-order valence-corrected chi connectivity index (χ2v) is 6.00. The molecular weight excluding hydrogens is 412 g/mol. The molecule has 5 nitrogen and oxygen atoms in total. The Morgan fingerprint density at radius 2 is 1.14 bits per heavy atom. The van der Waals surface area contributed by atoms with Crippen LogP contribution in [0.4, 0.5) is 4.79 Å². The molecule has 0 atom stereocenters. The largest absolute Gasteiger partial charge is 0.355 e. The average Bonchev–Trinajstić information content (AvgIpc) is 2.51. The number of benzene rings is 2. The standard InChI is InChI=1S/C15H12Br2N4O/c16-13-5-1-11(2-6-13)9-18-20-15(22)21-19-10-12-3-7-14(17)8-4-12/h1-10H,(H2,20,21,22). The van der Waals surface area contributed by atoms with Crippen molar-refractivity contribution in [2.45, 2.75) is 0 Å². The molecule has 2 amide bonds. The summed E-state index contributed by atoms with van der Waals surface area (Å²) in [5, 5.41) is 7.65. The molecule has 2 N–H and O–H groups in total. The van der Waals surface area contributed by atoms with Crippen molar-refractivity contribution in [2.24, 2.45) is 10.2 Å². The second kappa shape index (κ2) is 8.45. The highest BCUT2D eigenvalue weighted by atomic mass is 79.9. The van der Waals surface area contributed by atoms with E-state index in [0.717, 1.165) is 20.1 Å². The van der Waals surface area contributed by atoms with Crippen LogP contribution >= 0.6 is 31.9 Å². The maximum Gasteiger partial charge on any atom is 0.355 e. The molecule has 0 spiro atoms. The van der Waals surface area contributed by atoms with Gasteiger partial charge in [0.05, 0.1) is 12.4 Å². The van der Waals surface area contributed by atoms with E-state index in [1.54, 1.807) is 12.4 Å². The fourth-order valence-electron chi connectivity index (χ4n) is 1.45. The molecule has 0 radical (unpaired) electrons. The number of urea groups is 1. The van der Waals surface area contributed by atoms with Gasteiger partial charge in [0.2, 0.25) is 0 Å². The van der Waals surface area contributed by atoms with Crippen LogP contribution < -0.4 is 10.9 Å². The third-order valence-electron chi connectivity index (χ3n) is 2.50. The SMILES string of the molecule is O=C(NN=Cc1ccc(Br)cc1)NN=Cc1ccc(Br)cc1. The lowest BCUT2D eigenvalue weighted by Crippen LogP contribution is -2.28. The molecule has 2 rings (SSSR count). The number of halogens is 2. The van der Waals surface area contributed by atoms with Gasteiger partial charge < -0.3 is 0 Å². The molecule has 2 aromatic rings. The van der Waals surface area contributed by atoms with Crippen LogP contribution in [0.2, 0.25) is 0 Å². The Morgan fingerprint density at radius 3 is 1.50 bits per heavy atom. The smallest absolute Gasteiger partial charge is 0.245 e. The summed E-state index contributed by atoms with van der Waals surface area (Å²) in [5.41, 5.74) is 6.41. The van der Waals surface area contributed by atoms with Crippen LogP contribution in [-0.2, 0) is 0 Å². The van der Waals surface area contributed by atoms with E-state index in [9.17, 15) is 4.79 Å². The Labute approximate surface area is 144 Å². The van der Waals surface area contributed by atoms with Gasteiger partial charge in [-0.15, -0.1) is 0 Å². The van der Waals surface area contributed by atoms with Crippen molar-refractivity contribution >= 4 is 50.3 Å². The molecule has 0 fully saturated rings. The topological polar surface area (TPSA) is 65.8 Å². The van der Waals surface area contributed by atoms with E-state index < -0.39 is 6.03 Å². The monoisotopic (exact) mass is 422 g/mol. The maximum atomic E-state index is 11.5. The first kappa shape index (κ1) is 16.4. The second-order valence-electron chi connectivity index (χ2n) is 4.17. The number of hydrogen-bond donors (Lipinski definition) is 2. The van der Waals surface area contributed by atoms with Gasteiger partial charge in [-0.1, -0.05) is 56.1 Å². The summed E-state index contributed by atoms with van der Waals surface area (Å²) in [6, 6.07) is 14.6. The van der Waals surface area contributed by atoms with Gasteiger partial charge in [-0.3, -0.25) is 0 Å². The zero-order valence-corrected chi connectivity index (χ0v) is 14.5. The minimum Gasteiger partial charge on any atom is -0.245 e. The van der Waals surface area contributed by atoms with Gasteiger partial charge >= 0.3 is 6.03 Å². The molecule has 7 heteroatoms. The van der Waals surface area contributed by atoms with E-state index in [1.165, 1.54) is 0 Å². The number of hydrazone groups is 2. The Bertz CT molecular complexity index is 622. The van der Waals surface area contributed by atoms with Gasteiger partial charge in [-0.25, -0.2) is 15.6 Å². The van der Waals surface area contributed by atoms with Gasteiger partial charge in [0.15, 0.2) is 0 Å². The molecule has 2 aromatic carbocycles. The predicted octanol–water partition coefficient (Wildman–Crippen LogP) is 3.88. The zero-order chi connectivity index (χ0) is 15.8. The molecule has 112 valence electrons. The van der Waals surface area contributed by atoms with Crippen molar-refractivity contribution in [1.29, 1.82) is 0 Å². The molecule has 0 heterocycles. The number of nitrogens with zero attached hydrogens (tertiary/aromatic N) is 2. The third kappa shape index (κ3) is 5.79. The molecule has 0 saturated heterocycles. The lowest BCUT2D eigenvalue weighted by atomic mass is 10.2. The third-order valence-corrected chi connectivity index (χ3v) is 3.56. The summed E-state index contributed by atoms with van der Waals surface area (Å²) >= 11 is 6.69. The molecule has 0 unspecified atom stereocenters. The predicted molar refractivity (Wildman–Crippen MR) is 95.1 cm³/mol. The fraction of sp³-hybridized carbons (Fsp3) is 0. The van der Waals surface area contributed by atoms with E-state index in [0.29, 0.717) is 0 Å². The van der Waals surface area contributed by atoms with Gasteiger partial charge in [0, 0.05) is 8.95 Å². The average molecular weight is 424 g/mol. The van der Waals surface area contributed by atoms with Crippen molar-refractivity contribution in [3.63, 3.8) is 0 Å². The lowest BCUT2D eigenvalue weighted by molar-refractivity contribution is 0.242. The van der Waals surface area contributed by atoms with Crippen molar-refractivity contribution in [1.82, 2.24) is 10.9 Å². The van der Waals surface area contributed by atoms with Gasteiger partial charge in [-0.2, -0.15) is 10.2 Å². The number of amides is 2. The number of hydrogen-bond acceptors (Lipinski definition) is 3. The van der Waals surface area contributed by atoms with Crippen molar-refractivity contribution in [2.75, 3.05) is 0 Å². The van der Waals surface area contributed by atoms with E-state index in [-0.39, 0.29) is 0 Å². The Kier molecular flexibility index (Phi) is 6.29. The number of carbonyl (C=O) groups excluding carboxylic acids is 1. The molecule has 0 aliphatic carbocycles. The van der Waals surface area contributed by atoms with Crippen molar-refractivity contribution < 1.29 is 4.79 Å². The quantitative estimate of drug-likeness (QED) is 0.568. The van der Waals surface area contributed by atoms with Crippen LogP contribution in [0.5, 0.6) is 0 Å². The van der Waals surface area contributed by atoms with Crippen molar-refractivity contribution in [3.8, 4) is 0 Å². The molecule has 0 aromatic heterocycles. The minimum absolute atomic E-state index is 0.512. The Hall–Kier alpha value is -1.99. The molecule has 22 heavy (non-hydrogen) atoms. The maximum absolute atomic E-state index is 11.5. The molecule has 0 aliphatic heterocycles. The molecule has 0 aliphatic rings. The first-order chi connectivity index (χ1) is 10.6. The van der Waals surface area contributed by atoms with Crippen molar-refractivity contribution in [3.05, 3.63) is 68.6 Å². The van der Waals surface area contributed by atoms with Crippen LogP contribution in [0.3, 0.4) is 0 Å².